The monoisotopic (exact) mass is 200 g/mol. The Bertz CT molecular complexity index is 333. The quantitative estimate of drug-likeness (QED) is 0.813. The standard InChI is InChI=1S/C13H16N2/c14-10-13(11-6-4-5-7-11)15-12-8-2-1-3-9-12/h1-3,8-9,11,13,15H,4-7H2. The van der Waals surface area contributed by atoms with Crippen molar-refractivity contribution in [1.82, 2.24) is 0 Å². The second-order valence-corrected chi connectivity index (χ2v) is 4.16. The minimum atomic E-state index is -0.0186. The highest BCUT2D eigenvalue weighted by Gasteiger charge is 2.24. The number of hydrogen-bond acceptors (Lipinski definition) is 2. The van der Waals surface area contributed by atoms with E-state index in [0.717, 1.165) is 5.69 Å². The van der Waals surface area contributed by atoms with Crippen LogP contribution in [0.25, 0.3) is 0 Å². The van der Waals surface area contributed by atoms with Crippen molar-refractivity contribution in [2.75, 3.05) is 5.32 Å². The molecule has 1 aromatic rings. The molecule has 0 amide bonds. The van der Waals surface area contributed by atoms with Crippen LogP contribution >= 0.6 is 0 Å². The molecule has 0 heterocycles. The molecule has 1 aliphatic rings. The van der Waals surface area contributed by atoms with Crippen molar-refractivity contribution in [1.29, 1.82) is 5.26 Å². The van der Waals surface area contributed by atoms with Gasteiger partial charge in [0, 0.05) is 5.69 Å². The van der Waals surface area contributed by atoms with E-state index in [4.69, 9.17) is 5.26 Å². The van der Waals surface area contributed by atoms with Gasteiger partial charge in [-0.1, -0.05) is 31.0 Å². The van der Waals surface area contributed by atoms with Gasteiger partial charge in [-0.2, -0.15) is 5.26 Å². The summed E-state index contributed by atoms with van der Waals surface area (Å²) >= 11 is 0. The van der Waals surface area contributed by atoms with Gasteiger partial charge in [0.05, 0.1) is 6.07 Å². The Kier molecular flexibility index (Phi) is 3.24. The Labute approximate surface area is 90.9 Å². The molecule has 1 aliphatic carbocycles. The van der Waals surface area contributed by atoms with Gasteiger partial charge in [-0.3, -0.25) is 0 Å². The number of nitrogens with one attached hydrogen (secondary N) is 1. The van der Waals surface area contributed by atoms with Gasteiger partial charge in [0.25, 0.3) is 0 Å². The molecule has 1 aromatic carbocycles. The van der Waals surface area contributed by atoms with E-state index >= 15 is 0 Å². The van der Waals surface area contributed by atoms with Gasteiger partial charge in [-0.25, -0.2) is 0 Å². The second-order valence-electron chi connectivity index (χ2n) is 4.16. The zero-order chi connectivity index (χ0) is 10.5. The van der Waals surface area contributed by atoms with E-state index in [1.165, 1.54) is 25.7 Å². The molecule has 0 bridgehead atoms. The van der Waals surface area contributed by atoms with E-state index in [-0.39, 0.29) is 6.04 Å². The van der Waals surface area contributed by atoms with Crippen LogP contribution in [0.2, 0.25) is 0 Å². The number of nitriles is 1. The molecule has 2 heteroatoms. The van der Waals surface area contributed by atoms with Crippen LogP contribution in [0.5, 0.6) is 0 Å². The fourth-order valence-corrected chi connectivity index (χ4v) is 2.26. The van der Waals surface area contributed by atoms with Crippen molar-refractivity contribution in [3.8, 4) is 6.07 Å². The first-order valence-corrected chi connectivity index (χ1v) is 5.61. The third kappa shape index (κ3) is 2.50. The van der Waals surface area contributed by atoms with E-state index in [1.807, 2.05) is 30.3 Å². The summed E-state index contributed by atoms with van der Waals surface area (Å²) in [4.78, 5) is 0. The average molecular weight is 200 g/mol. The average Bonchev–Trinajstić information content (AvgIpc) is 2.81. The first kappa shape index (κ1) is 10.0. The molecule has 0 radical (unpaired) electrons. The highest BCUT2D eigenvalue weighted by Crippen LogP contribution is 2.29. The van der Waals surface area contributed by atoms with E-state index in [2.05, 4.69) is 11.4 Å². The van der Waals surface area contributed by atoms with Crippen LogP contribution in [0.15, 0.2) is 30.3 Å². The Morgan fingerprint density at radius 2 is 1.87 bits per heavy atom. The zero-order valence-electron chi connectivity index (χ0n) is 8.82. The summed E-state index contributed by atoms with van der Waals surface area (Å²) in [5, 5.41) is 12.4. The fourth-order valence-electron chi connectivity index (χ4n) is 2.26. The summed E-state index contributed by atoms with van der Waals surface area (Å²) in [6.45, 7) is 0. The van der Waals surface area contributed by atoms with Crippen LogP contribution in [0, 0.1) is 17.2 Å². The van der Waals surface area contributed by atoms with Crippen molar-refractivity contribution < 1.29 is 0 Å². The molecule has 78 valence electrons. The maximum Gasteiger partial charge on any atom is 0.117 e. The Morgan fingerprint density at radius 3 is 2.47 bits per heavy atom. The van der Waals surface area contributed by atoms with Crippen LogP contribution in [0.4, 0.5) is 5.69 Å². The Hall–Kier alpha value is -1.49. The van der Waals surface area contributed by atoms with Crippen molar-refractivity contribution in [2.24, 2.45) is 5.92 Å². The number of anilines is 1. The summed E-state index contributed by atoms with van der Waals surface area (Å²) in [5.41, 5.74) is 1.05. The van der Waals surface area contributed by atoms with E-state index in [1.54, 1.807) is 0 Å². The van der Waals surface area contributed by atoms with E-state index in [9.17, 15) is 0 Å². The maximum absolute atomic E-state index is 9.14. The lowest BCUT2D eigenvalue weighted by atomic mass is 9.99. The van der Waals surface area contributed by atoms with Crippen molar-refractivity contribution in [2.45, 2.75) is 31.7 Å². The third-order valence-corrected chi connectivity index (χ3v) is 3.11. The zero-order valence-corrected chi connectivity index (χ0v) is 8.82. The second kappa shape index (κ2) is 4.84. The molecule has 2 nitrogen and oxygen atoms in total. The summed E-state index contributed by atoms with van der Waals surface area (Å²) in [6, 6.07) is 12.4. The summed E-state index contributed by atoms with van der Waals surface area (Å²) < 4.78 is 0. The van der Waals surface area contributed by atoms with Crippen LogP contribution in [-0.2, 0) is 0 Å². The van der Waals surface area contributed by atoms with Crippen LogP contribution in [-0.4, -0.2) is 6.04 Å². The molecule has 15 heavy (non-hydrogen) atoms. The Balaban J connectivity index is 2.00. The molecule has 0 aromatic heterocycles. The molecule has 2 rings (SSSR count). The molecular formula is C13H16N2. The molecule has 0 spiro atoms. The maximum atomic E-state index is 9.14. The third-order valence-electron chi connectivity index (χ3n) is 3.11. The van der Waals surface area contributed by atoms with Gasteiger partial charge < -0.3 is 5.32 Å². The van der Waals surface area contributed by atoms with Crippen LogP contribution < -0.4 is 5.32 Å². The van der Waals surface area contributed by atoms with Crippen molar-refractivity contribution in [3.63, 3.8) is 0 Å². The van der Waals surface area contributed by atoms with Gasteiger partial charge in [0.1, 0.15) is 6.04 Å². The van der Waals surface area contributed by atoms with Gasteiger partial charge in [-0.15, -0.1) is 0 Å². The number of hydrogen-bond donors (Lipinski definition) is 1. The highest BCUT2D eigenvalue weighted by molar-refractivity contribution is 5.45. The molecule has 0 saturated heterocycles. The topological polar surface area (TPSA) is 35.8 Å². The molecule has 1 N–H and O–H groups in total. The summed E-state index contributed by atoms with van der Waals surface area (Å²) in [7, 11) is 0. The summed E-state index contributed by atoms with van der Waals surface area (Å²) in [5.74, 6) is 0.537. The normalized spacial score (nSPS) is 18.3. The molecule has 1 unspecified atom stereocenters. The van der Waals surface area contributed by atoms with Gasteiger partial charge in [0.2, 0.25) is 0 Å². The smallest absolute Gasteiger partial charge is 0.117 e. The predicted octanol–water partition coefficient (Wildman–Crippen LogP) is 3.18. The van der Waals surface area contributed by atoms with Gasteiger partial charge in [0.15, 0.2) is 0 Å². The minimum Gasteiger partial charge on any atom is -0.370 e. The molecule has 1 saturated carbocycles. The summed E-state index contributed by atoms with van der Waals surface area (Å²) in [6.07, 6.45) is 4.94. The predicted molar refractivity (Wildman–Crippen MR) is 61.4 cm³/mol. The van der Waals surface area contributed by atoms with Crippen LogP contribution in [0.3, 0.4) is 0 Å². The SMILES string of the molecule is N#CC(Nc1ccccc1)C1CCCC1. The first-order chi connectivity index (χ1) is 7.40. The minimum absolute atomic E-state index is 0.0186. The first-order valence-electron chi connectivity index (χ1n) is 5.61. The number of rotatable bonds is 3. The molecule has 1 atom stereocenters. The lowest BCUT2D eigenvalue weighted by molar-refractivity contribution is 0.520. The van der Waals surface area contributed by atoms with Crippen molar-refractivity contribution >= 4 is 5.69 Å². The lowest BCUT2D eigenvalue weighted by Crippen LogP contribution is -2.25. The van der Waals surface area contributed by atoms with Crippen LogP contribution in [0.1, 0.15) is 25.7 Å². The fraction of sp³-hybridized carbons (Fsp3) is 0.462. The number of nitrogens with zero attached hydrogens (tertiary/aromatic N) is 1. The number of benzene rings is 1. The number of para-hydroxylation sites is 1. The highest BCUT2D eigenvalue weighted by atomic mass is 14.9. The van der Waals surface area contributed by atoms with Crippen molar-refractivity contribution in [3.05, 3.63) is 30.3 Å². The van der Waals surface area contributed by atoms with E-state index < -0.39 is 0 Å². The lowest BCUT2D eigenvalue weighted by Gasteiger charge is -2.18. The Morgan fingerprint density at radius 1 is 1.20 bits per heavy atom. The molecule has 1 fully saturated rings. The molecular weight excluding hydrogens is 184 g/mol. The van der Waals surface area contributed by atoms with E-state index in [0.29, 0.717) is 5.92 Å². The molecule has 0 aliphatic heterocycles. The van der Waals surface area contributed by atoms with Gasteiger partial charge >= 0.3 is 0 Å². The van der Waals surface area contributed by atoms with Gasteiger partial charge in [-0.05, 0) is 30.9 Å². The largest absolute Gasteiger partial charge is 0.370 e.